The van der Waals surface area contributed by atoms with Crippen molar-refractivity contribution in [2.75, 3.05) is 0 Å². The second kappa shape index (κ2) is 16.0. The third-order valence-corrected chi connectivity index (χ3v) is 14.5. The van der Waals surface area contributed by atoms with Crippen molar-refractivity contribution in [3.63, 3.8) is 0 Å². The predicted molar refractivity (Wildman–Crippen MR) is 296 cm³/mol. The maximum atomic E-state index is 11.2. The van der Waals surface area contributed by atoms with Crippen LogP contribution in [-0.4, -0.2) is 24.1 Å². The first-order chi connectivity index (χ1) is 36.6. The normalized spacial score (nSPS) is 11.8. The second-order valence-electron chi connectivity index (χ2n) is 18.4. The van der Waals surface area contributed by atoms with Gasteiger partial charge in [0.2, 0.25) is 0 Å². The summed E-state index contributed by atoms with van der Waals surface area (Å²) in [6.07, 6.45) is 0. The Labute approximate surface area is 421 Å². The molecule has 5 heterocycles. The minimum Gasteiger partial charge on any atom is -0.455 e. The Kier molecular flexibility index (Phi) is 8.88. The molecule has 9 heteroatoms. The molecule has 0 bridgehead atoms. The molecule has 342 valence electrons. The van der Waals surface area contributed by atoms with Gasteiger partial charge in [-0.3, -0.25) is 0 Å². The van der Waals surface area contributed by atoms with Crippen molar-refractivity contribution >= 4 is 93.2 Å². The van der Waals surface area contributed by atoms with E-state index in [-0.39, 0.29) is 0 Å². The first kappa shape index (κ1) is 41.2. The van der Waals surface area contributed by atoms with E-state index in [1.54, 1.807) is 0 Å². The zero-order valence-electron chi connectivity index (χ0n) is 39.2. The summed E-state index contributed by atoms with van der Waals surface area (Å²) < 4.78 is 17.9. The van der Waals surface area contributed by atoms with E-state index in [0.29, 0.717) is 34.3 Å². The third-order valence-electron chi connectivity index (χ3n) is 14.5. The van der Waals surface area contributed by atoms with Crippen LogP contribution in [0, 0.1) is 17.9 Å². The maximum Gasteiger partial charge on any atom is 0.187 e. The first-order valence-electron chi connectivity index (χ1n) is 24.3. The molecule has 0 spiro atoms. The lowest BCUT2D eigenvalue weighted by Gasteiger charge is -2.19. The number of fused-ring (bicyclic) bond motifs is 14. The number of rotatable bonds is 6. The highest BCUT2D eigenvalue weighted by atomic mass is 16.3. The molecule has 15 aromatic rings. The predicted octanol–water partition coefficient (Wildman–Crippen LogP) is 17.0. The lowest BCUT2D eigenvalue weighted by Crippen LogP contribution is -2.07. The van der Waals surface area contributed by atoms with Crippen molar-refractivity contribution in [1.29, 1.82) is 5.26 Å². The zero-order chi connectivity index (χ0) is 49.0. The van der Waals surface area contributed by atoms with Crippen molar-refractivity contribution in [3.8, 4) is 62.7 Å². The van der Waals surface area contributed by atoms with E-state index >= 15 is 0 Å². The van der Waals surface area contributed by atoms with E-state index in [2.05, 4.69) is 111 Å². The first-order valence-corrected chi connectivity index (χ1v) is 24.3. The Hall–Kier alpha value is -10.6. The monoisotopic (exact) mass is 945 g/mol. The highest BCUT2D eigenvalue weighted by Gasteiger charge is 2.27. The Balaban J connectivity index is 1.05. The van der Waals surface area contributed by atoms with Crippen LogP contribution < -0.4 is 0 Å². The number of furan rings is 2. The molecule has 0 saturated heterocycles. The lowest BCUT2D eigenvalue weighted by atomic mass is 9.96. The van der Waals surface area contributed by atoms with Crippen LogP contribution in [0.1, 0.15) is 5.56 Å². The fourth-order valence-corrected chi connectivity index (χ4v) is 11.3. The number of benzene rings is 10. The Morgan fingerprint density at radius 1 is 0.405 bits per heavy atom. The second-order valence-corrected chi connectivity index (χ2v) is 18.4. The largest absolute Gasteiger partial charge is 0.455 e. The number of hydrogen-bond acceptors (Lipinski definition) is 6. The molecular weight excluding hydrogens is 911 g/mol. The molecule has 0 amide bonds. The zero-order valence-corrected chi connectivity index (χ0v) is 39.2. The molecule has 0 aliphatic rings. The van der Waals surface area contributed by atoms with Gasteiger partial charge >= 0.3 is 0 Å². The van der Waals surface area contributed by atoms with E-state index in [1.807, 2.05) is 121 Å². The minimum atomic E-state index is 0.326. The fraction of sp³-hybridized carbons (Fsp3) is 0. The van der Waals surface area contributed by atoms with Crippen molar-refractivity contribution < 1.29 is 8.83 Å². The molecule has 15 rings (SSSR count). The highest BCUT2D eigenvalue weighted by molar-refractivity contribution is 6.25. The maximum absolute atomic E-state index is 11.2. The summed E-state index contributed by atoms with van der Waals surface area (Å²) in [6, 6.07) is 73.7. The van der Waals surface area contributed by atoms with Gasteiger partial charge in [0.05, 0.1) is 73.5 Å². The summed E-state index contributed by atoms with van der Waals surface area (Å²) in [6.45, 7) is 7.79. The van der Waals surface area contributed by atoms with Crippen LogP contribution in [0.25, 0.3) is 149 Å². The number of nitrogens with zero attached hydrogens (tertiary/aromatic N) is 7. The van der Waals surface area contributed by atoms with Crippen molar-refractivity contribution in [3.05, 3.63) is 229 Å². The summed E-state index contributed by atoms with van der Waals surface area (Å²) in [5.41, 5.74) is 13.3. The minimum absolute atomic E-state index is 0.326. The number of nitriles is 1. The topological polar surface area (TPSA) is 103 Å². The Bertz CT molecular complexity index is 4930. The van der Waals surface area contributed by atoms with Crippen LogP contribution in [0.4, 0.5) is 5.69 Å². The standard InChI is InChI=1S/C65H35N7O2/c1-67-41-31-29-38(30-32-41)42-22-14-26-52(72-50-24-10-6-21-48(50)59-54(72)36-34-46-44-19-8-12-28-56(44)74-62(46)59)60(42)65-69-63(39-15-3-2-4-16-39)68-64(70-65)57-40(37-66)17-13-25-51(57)71-49-23-9-5-20-47(49)58-53(71)35-33-45-43-18-7-11-27-55(43)73-61(45)58/h2-36H. The molecule has 0 fully saturated rings. The molecule has 10 aromatic carbocycles. The summed E-state index contributed by atoms with van der Waals surface area (Å²) in [4.78, 5) is 20.0. The van der Waals surface area contributed by atoms with Gasteiger partial charge in [-0.05, 0) is 77.9 Å². The quantitative estimate of drug-likeness (QED) is 0.154. The SMILES string of the molecule is [C-]#[N+]c1ccc(-c2cccc(-n3c4ccccc4c4c5oc6ccccc6c5ccc43)c2-c2nc(-c3ccccc3)nc(-c3c(C#N)cccc3-n3c4ccccc4c4c5oc6ccccc6c5ccc43)n2)cc1. The Morgan fingerprint density at radius 3 is 1.49 bits per heavy atom. The van der Waals surface area contributed by atoms with Crippen LogP contribution in [0.5, 0.6) is 0 Å². The average molecular weight is 946 g/mol. The molecular formula is C65H35N7O2. The van der Waals surface area contributed by atoms with E-state index in [9.17, 15) is 5.26 Å². The van der Waals surface area contributed by atoms with E-state index in [4.69, 9.17) is 30.4 Å². The van der Waals surface area contributed by atoms with Crippen molar-refractivity contribution in [2.45, 2.75) is 0 Å². The molecule has 0 aliphatic carbocycles. The van der Waals surface area contributed by atoms with Gasteiger partial charge in [-0.1, -0.05) is 146 Å². The molecule has 0 unspecified atom stereocenters. The summed E-state index contributed by atoms with van der Waals surface area (Å²) >= 11 is 0. The summed E-state index contributed by atoms with van der Waals surface area (Å²) in [5.74, 6) is 1.16. The molecule has 0 saturated carbocycles. The summed E-state index contributed by atoms with van der Waals surface area (Å²) in [5, 5.41) is 19.3. The average Bonchev–Trinajstić information content (AvgIpc) is 4.27. The molecule has 0 aliphatic heterocycles. The number of para-hydroxylation sites is 4. The number of hydrogen-bond donors (Lipinski definition) is 0. The summed E-state index contributed by atoms with van der Waals surface area (Å²) in [7, 11) is 0. The van der Waals surface area contributed by atoms with Gasteiger partial charge in [0.25, 0.3) is 0 Å². The van der Waals surface area contributed by atoms with Gasteiger partial charge in [0, 0.05) is 37.9 Å². The molecule has 5 aromatic heterocycles. The third kappa shape index (κ3) is 5.99. The van der Waals surface area contributed by atoms with Crippen LogP contribution in [0.15, 0.2) is 221 Å². The van der Waals surface area contributed by atoms with E-state index < -0.39 is 0 Å². The van der Waals surface area contributed by atoms with Crippen molar-refractivity contribution in [1.82, 2.24) is 24.1 Å². The van der Waals surface area contributed by atoms with E-state index in [0.717, 1.165) is 121 Å². The van der Waals surface area contributed by atoms with Crippen LogP contribution in [-0.2, 0) is 0 Å². The van der Waals surface area contributed by atoms with Gasteiger partial charge in [0.1, 0.15) is 22.3 Å². The van der Waals surface area contributed by atoms with E-state index in [1.165, 1.54) is 0 Å². The fourth-order valence-electron chi connectivity index (χ4n) is 11.3. The van der Waals surface area contributed by atoms with Gasteiger partial charge in [-0.15, -0.1) is 0 Å². The smallest absolute Gasteiger partial charge is 0.187 e. The molecule has 74 heavy (non-hydrogen) atoms. The molecule has 0 N–H and O–H groups in total. The van der Waals surface area contributed by atoms with Gasteiger partial charge in [-0.2, -0.15) is 5.26 Å². The van der Waals surface area contributed by atoms with Crippen LogP contribution >= 0.6 is 0 Å². The van der Waals surface area contributed by atoms with Crippen LogP contribution in [0.2, 0.25) is 0 Å². The Morgan fingerprint density at radius 2 is 0.905 bits per heavy atom. The van der Waals surface area contributed by atoms with Crippen molar-refractivity contribution in [2.24, 2.45) is 0 Å². The molecule has 0 atom stereocenters. The number of aromatic nitrogens is 5. The highest BCUT2D eigenvalue weighted by Crippen LogP contribution is 2.46. The molecule has 0 radical (unpaired) electrons. The molecule has 9 nitrogen and oxygen atoms in total. The van der Waals surface area contributed by atoms with Gasteiger partial charge < -0.3 is 18.0 Å². The van der Waals surface area contributed by atoms with Crippen LogP contribution in [0.3, 0.4) is 0 Å². The van der Waals surface area contributed by atoms with Gasteiger partial charge in [0.15, 0.2) is 23.2 Å². The van der Waals surface area contributed by atoms with Gasteiger partial charge in [-0.25, -0.2) is 19.8 Å². The lowest BCUT2D eigenvalue weighted by molar-refractivity contribution is 0.672.